The first-order valence-electron chi connectivity index (χ1n) is 11.8. The van der Waals surface area contributed by atoms with E-state index >= 15 is 0 Å². The molecule has 0 amide bonds. The molecule has 0 radical (unpaired) electrons. The van der Waals surface area contributed by atoms with Crippen LogP contribution in [0.5, 0.6) is 0 Å². The third-order valence-electron chi connectivity index (χ3n) is 5.61. The first-order valence-corrected chi connectivity index (χ1v) is 14.1. The molecule has 4 aromatic rings. The summed E-state index contributed by atoms with van der Waals surface area (Å²) < 4.78 is 1.69. The summed E-state index contributed by atoms with van der Waals surface area (Å²) in [5.74, 6) is -2.19. The van der Waals surface area contributed by atoms with Crippen LogP contribution < -0.4 is 5.73 Å². The van der Waals surface area contributed by atoms with E-state index in [1.807, 2.05) is 0 Å². The number of hydrogen-bond donors (Lipinski definition) is 3. The van der Waals surface area contributed by atoms with Crippen LogP contribution in [0.25, 0.3) is 23.3 Å². The van der Waals surface area contributed by atoms with Crippen molar-refractivity contribution in [3.8, 4) is 0 Å². The van der Waals surface area contributed by atoms with Crippen molar-refractivity contribution in [2.24, 2.45) is 0 Å². The molecule has 0 saturated heterocycles. The predicted molar refractivity (Wildman–Crippen MR) is 173 cm³/mol. The number of nitro groups is 1. The molecular formula is C30H20Br2Cl2N2O6. The van der Waals surface area contributed by atoms with Gasteiger partial charge in [-0.05, 0) is 77.4 Å². The van der Waals surface area contributed by atoms with E-state index < -0.39 is 16.9 Å². The highest BCUT2D eigenvalue weighted by atomic mass is 79.9. The molecule has 0 aromatic heterocycles. The second kappa shape index (κ2) is 14.8. The highest BCUT2D eigenvalue weighted by Gasteiger charge is 2.17. The van der Waals surface area contributed by atoms with E-state index in [9.17, 15) is 29.9 Å². The minimum absolute atomic E-state index is 0.0436. The van der Waals surface area contributed by atoms with Crippen LogP contribution >= 0.6 is 55.1 Å². The Balaban J connectivity index is 0.000000231. The van der Waals surface area contributed by atoms with E-state index in [0.717, 1.165) is 8.95 Å². The maximum absolute atomic E-state index is 11.5. The van der Waals surface area contributed by atoms with Crippen LogP contribution in [-0.4, -0.2) is 27.1 Å². The highest BCUT2D eigenvalue weighted by molar-refractivity contribution is 9.10. The number of anilines is 1. The average molecular weight is 735 g/mol. The first-order chi connectivity index (χ1) is 19.8. The zero-order valence-electron chi connectivity index (χ0n) is 21.3. The fraction of sp³-hybridized carbons (Fsp3) is 0. The second-order valence-electron chi connectivity index (χ2n) is 8.47. The van der Waals surface area contributed by atoms with E-state index in [1.54, 1.807) is 66.7 Å². The molecule has 214 valence electrons. The SMILES string of the molecule is Nc1cc(Cl)ccc1/C=C(/C(=O)O)c1ccc(Br)cc1.O=C(O)/C(=C/c1ccc(Cl)cc1[N+](=O)[O-])c1ccc(Br)cc1. The Bertz CT molecular complexity index is 1710. The van der Waals surface area contributed by atoms with Crippen LogP contribution in [0.1, 0.15) is 22.3 Å². The Kier molecular flexibility index (Phi) is 11.5. The molecule has 0 aliphatic rings. The molecule has 42 heavy (non-hydrogen) atoms. The molecule has 0 atom stereocenters. The highest BCUT2D eigenvalue weighted by Crippen LogP contribution is 2.29. The van der Waals surface area contributed by atoms with Crippen LogP contribution in [0.3, 0.4) is 0 Å². The molecule has 0 spiro atoms. The van der Waals surface area contributed by atoms with Crippen molar-refractivity contribution in [3.05, 3.63) is 136 Å². The van der Waals surface area contributed by atoms with Gasteiger partial charge in [0.15, 0.2) is 0 Å². The molecule has 4 N–H and O–H groups in total. The number of nitrogens with two attached hydrogens (primary N) is 1. The van der Waals surface area contributed by atoms with Gasteiger partial charge in [-0.1, -0.05) is 85.4 Å². The summed E-state index contributed by atoms with van der Waals surface area (Å²) in [5, 5.41) is 30.5. The predicted octanol–water partition coefficient (Wildman–Crippen LogP) is 8.95. The molecular weight excluding hydrogens is 715 g/mol. The molecule has 4 rings (SSSR count). The fourth-order valence-corrected chi connectivity index (χ4v) is 4.46. The van der Waals surface area contributed by atoms with Gasteiger partial charge in [0.1, 0.15) is 0 Å². The Labute approximate surface area is 267 Å². The van der Waals surface area contributed by atoms with Crippen LogP contribution in [0.2, 0.25) is 10.0 Å². The Morgan fingerprint density at radius 3 is 1.52 bits per heavy atom. The van der Waals surface area contributed by atoms with Gasteiger partial charge in [0.25, 0.3) is 5.69 Å². The largest absolute Gasteiger partial charge is 0.478 e. The topological polar surface area (TPSA) is 144 Å². The van der Waals surface area contributed by atoms with E-state index in [4.69, 9.17) is 28.9 Å². The third kappa shape index (κ3) is 9.02. The number of nitrogen functional groups attached to an aromatic ring is 1. The smallest absolute Gasteiger partial charge is 0.336 e. The lowest BCUT2D eigenvalue weighted by atomic mass is 10.0. The molecule has 4 aromatic carbocycles. The molecule has 12 heteroatoms. The number of carboxylic acids is 2. The summed E-state index contributed by atoms with van der Waals surface area (Å²) in [7, 11) is 0. The van der Waals surface area contributed by atoms with Crippen LogP contribution in [0, 0.1) is 10.1 Å². The molecule has 0 aliphatic carbocycles. The number of aliphatic carboxylic acids is 2. The minimum atomic E-state index is -1.17. The zero-order valence-corrected chi connectivity index (χ0v) is 26.0. The van der Waals surface area contributed by atoms with E-state index in [2.05, 4.69) is 31.9 Å². The minimum Gasteiger partial charge on any atom is -0.478 e. The van der Waals surface area contributed by atoms with Gasteiger partial charge in [-0.15, -0.1) is 0 Å². The molecule has 0 aliphatic heterocycles. The number of hydrogen-bond acceptors (Lipinski definition) is 5. The third-order valence-corrected chi connectivity index (χ3v) is 7.14. The molecule has 0 fully saturated rings. The maximum atomic E-state index is 11.5. The second-order valence-corrected chi connectivity index (χ2v) is 11.2. The number of nitrogens with zero attached hydrogens (tertiary/aromatic N) is 1. The van der Waals surface area contributed by atoms with E-state index in [0.29, 0.717) is 27.4 Å². The fourth-order valence-electron chi connectivity index (χ4n) is 3.58. The van der Waals surface area contributed by atoms with Gasteiger partial charge in [-0.25, -0.2) is 9.59 Å². The van der Waals surface area contributed by atoms with Gasteiger partial charge >= 0.3 is 11.9 Å². The van der Waals surface area contributed by atoms with Gasteiger partial charge in [0.05, 0.1) is 21.6 Å². The lowest BCUT2D eigenvalue weighted by molar-refractivity contribution is -0.385. The van der Waals surface area contributed by atoms with Crippen molar-refractivity contribution in [1.82, 2.24) is 0 Å². The summed E-state index contributed by atoms with van der Waals surface area (Å²) in [6, 6.07) is 22.7. The number of carboxylic acid groups (broad SMARTS) is 2. The van der Waals surface area contributed by atoms with Crippen LogP contribution in [-0.2, 0) is 9.59 Å². The maximum Gasteiger partial charge on any atom is 0.336 e. The summed E-state index contributed by atoms with van der Waals surface area (Å²) in [6.45, 7) is 0. The average Bonchev–Trinajstić information content (AvgIpc) is 2.93. The molecule has 8 nitrogen and oxygen atoms in total. The van der Waals surface area contributed by atoms with Crippen LogP contribution in [0.15, 0.2) is 93.9 Å². The van der Waals surface area contributed by atoms with Gasteiger partial charge in [-0.2, -0.15) is 0 Å². The Morgan fingerprint density at radius 1 is 0.714 bits per heavy atom. The number of halogens is 4. The van der Waals surface area contributed by atoms with Crippen molar-refractivity contribution in [1.29, 1.82) is 0 Å². The number of benzene rings is 4. The lowest BCUT2D eigenvalue weighted by Gasteiger charge is -2.06. The normalized spacial score (nSPS) is 11.3. The first kappa shape index (κ1) is 32.6. The van der Waals surface area contributed by atoms with Gasteiger partial charge in [0.2, 0.25) is 0 Å². The van der Waals surface area contributed by atoms with Gasteiger partial charge in [0, 0.05) is 30.7 Å². The Hall–Kier alpha value is -3.96. The van der Waals surface area contributed by atoms with E-state index in [-0.39, 0.29) is 27.4 Å². The van der Waals surface area contributed by atoms with Crippen molar-refractivity contribution in [2.45, 2.75) is 0 Å². The summed E-state index contributed by atoms with van der Waals surface area (Å²) in [6.07, 6.45) is 2.80. The van der Waals surface area contributed by atoms with Crippen molar-refractivity contribution in [3.63, 3.8) is 0 Å². The monoisotopic (exact) mass is 732 g/mol. The number of nitro benzene ring substituents is 1. The number of carbonyl (C=O) groups is 2. The van der Waals surface area contributed by atoms with E-state index in [1.165, 1.54) is 30.4 Å². The standard InChI is InChI=1S/C15H9BrClNO4.C15H11BrClNO2/c16-11-4-1-9(2-5-11)13(15(19)20)7-10-3-6-12(17)8-14(10)18(21)22;16-11-4-1-9(2-5-11)13(15(19)20)7-10-3-6-12(17)8-14(10)18/h1-8H,(H,19,20);1-8H,18H2,(H,19,20)/b2*13-7+. The molecule has 0 unspecified atom stereocenters. The zero-order chi connectivity index (χ0) is 31.0. The summed E-state index contributed by atoms with van der Waals surface area (Å²) in [4.78, 5) is 33.4. The van der Waals surface area contributed by atoms with Gasteiger partial charge < -0.3 is 15.9 Å². The quantitative estimate of drug-likeness (QED) is 0.0565. The Morgan fingerprint density at radius 2 is 1.12 bits per heavy atom. The van der Waals surface area contributed by atoms with Gasteiger partial charge in [-0.3, -0.25) is 10.1 Å². The van der Waals surface area contributed by atoms with Crippen molar-refractivity contribution >= 4 is 102 Å². The van der Waals surface area contributed by atoms with Crippen molar-refractivity contribution in [2.75, 3.05) is 5.73 Å². The molecule has 0 heterocycles. The lowest BCUT2D eigenvalue weighted by Crippen LogP contribution is -2.00. The van der Waals surface area contributed by atoms with Crippen molar-refractivity contribution < 1.29 is 24.7 Å². The van der Waals surface area contributed by atoms with Crippen LogP contribution in [0.4, 0.5) is 11.4 Å². The molecule has 0 saturated carbocycles. The summed E-state index contributed by atoms with van der Waals surface area (Å²) in [5.41, 5.74) is 8.01. The molecule has 0 bridgehead atoms. The summed E-state index contributed by atoms with van der Waals surface area (Å²) >= 11 is 18.2. The number of rotatable bonds is 7.